The highest BCUT2D eigenvalue weighted by atomic mass is 35.5. The van der Waals surface area contributed by atoms with E-state index in [9.17, 15) is 4.79 Å². The van der Waals surface area contributed by atoms with Gasteiger partial charge in [-0.05, 0) is 38.1 Å². The molecule has 0 amide bonds. The van der Waals surface area contributed by atoms with E-state index < -0.39 is 0 Å². The van der Waals surface area contributed by atoms with Gasteiger partial charge in [0.2, 0.25) is 5.89 Å². The van der Waals surface area contributed by atoms with Gasteiger partial charge in [-0.15, -0.1) is 0 Å². The zero-order valence-corrected chi connectivity index (χ0v) is 18.6. The van der Waals surface area contributed by atoms with E-state index in [1.54, 1.807) is 12.1 Å². The van der Waals surface area contributed by atoms with E-state index in [-0.39, 0.29) is 5.56 Å². The fourth-order valence-electron chi connectivity index (χ4n) is 3.01. The van der Waals surface area contributed by atoms with Crippen molar-refractivity contribution in [1.82, 2.24) is 15.0 Å². The lowest BCUT2D eigenvalue weighted by Gasteiger charge is -2.06. The number of thioether (sulfide) groups is 1. The first-order valence-electron chi connectivity index (χ1n) is 9.72. The molecule has 4 aromatic rings. The second kappa shape index (κ2) is 9.41. The standard InChI is InChI=1S/C23H20ClN3O3S/c1-3-29-20-7-5-4-6-17(20)22-25-19(14(2)30-22)13-31-23-26-18(12-21(28)27-23)15-8-10-16(24)11-9-15/h4-12H,3,13H2,1-2H3,(H,26,27,28). The molecule has 0 bridgehead atoms. The fraction of sp³-hybridized carbons (Fsp3) is 0.174. The van der Waals surface area contributed by atoms with E-state index >= 15 is 0 Å². The Kier molecular flexibility index (Phi) is 6.44. The summed E-state index contributed by atoms with van der Waals surface area (Å²) in [5, 5.41) is 1.14. The minimum Gasteiger partial charge on any atom is -0.493 e. The number of H-pyrrole nitrogens is 1. The van der Waals surface area contributed by atoms with Crippen LogP contribution in [0.15, 0.2) is 69.0 Å². The first-order valence-corrected chi connectivity index (χ1v) is 11.1. The number of hydrogen-bond donors (Lipinski definition) is 1. The molecule has 0 aliphatic carbocycles. The van der Waals surface area contributed by atoms with Gasteiger partial charge in [0.05, 0.1) is 23.6 Å². The Morgan fingerprint density at radius 3 is 2.68 bits per heavy atom. The van der Waals surface area contributed by atoms with E-state index in [1.807, 2.05) is 50.2 Å². The smallest absolute Gasteiger partial charge is 0.252 e. The normalized spacial score (nSPS) is 10.9. The van der Waals surface area contributed by atoms with Gasteiger partial charge in [0, 0.05) is 22.4 Å². The quantitative estimate of drug-likeness (QED) is 0.283. The number of oxazole rings is 1. The molecule has 8 heteroatoms. The third-order valence-corrected chi connectivity index (χ3v) is 5.65. The predicted molar refractivity (Wildman–Crippen MR) is 123 cm³/mol. The lowest BCUT2D eigenvalue weighted by Crippen LogP contribution is -2.08. The maximum absolute atomic E-state index is 12.1. The molecular formula is C23H20ClN3O3S. The van der Waals surface area contributed by atoms with Gasteiger partial charge < -0.3 is 14.1 Å². The molecule has 2 aromatic carbocycles. The van der Waals surface area contributed by atoms with Crippen LogP contribution in [0.2, 0.25) is 5.02 Å². The van der Waals surface area contributed by atoms with Crippen molar-refractivity contribution in [2.24, 2.45) is 0 Å². The van der Waals surface area contributed by atoms with Gasteiger partial charge in [0.25, 0.3) is 5.56 Å². The molecule has 31 heavy (non-hydrogen) atoms. The molecule has 0 fully saturated rings. The molecule has 4 rings (SSSR count). The largest absolute Gasteiger partial charge is 0.493 e. The van der Waals surface area contributed by atoms with Crippen LogP contribution in [0.3, 0.4) is 0 Å². The number of para-hydroxylation sites is 1. The van der Waals surface area contributed by atoms with Gasteiger partial charge in [-0.25, -0.2) is 9.97 Å². The van der Waals surface area contributed by atoms with Crippen LogP contribution in [0.5, 0.6) is 5.75 Å². The number of aromatic amines is 1. The van der Waals surface area contributed by atoms with Crippen LogP contribution in [0.1, 0.15) is 18.4 Å². The Hall–Kier alpha value is -3.03. The van der Waals surface area contributed by atoms with Gasteiger partial charge in [0.1, 0.15) is 11.5 Å². The fourth-order valence-corrected chi connectivity index (χ4v) is 4.01. The lowest BCUT2D eigenvalue weighted by atomic mass is 10.1. The number of halogens is 1. The minimum absolute atomic E-state index is 0.217. The molecule has 1 N–H and O–H groups in total. The predicted octanol–water partition coefficient (Wildman–Crippen LogP) is 5.74. The summed E-state index contributed by atoms with van der Waals surface area (Å²) in [5.74, 6) is 2.45. The zero-order valence-electron chi connectivity index (χ0n) is 17.0. The molecule has 0 spiro atoms. The van der Waals surface area contributed by atoms with Crippen LogP contribution in [0, 0.1) is 6.92 Å². The van der Waals surface area contributed by atoms with Crippen molar-refractivity contribution in [3.05, 3.63) is 81.4 Å². The van der Waals surface area contributed by atoms with Crippen molar-refractivity contribution < 1.29 is 9.15 Å². The average Bonchev–Trinajstić information content (AvgIpc) is 3.13. The first-order chi connectivity index (χ1) is 15.0. The van der Waals surface area contributed by atoms with E-state index in [0.717, 1.165) is 22.6 Å². The molecule has 0 atom stereocenters. The Morgan fingerprint density at radius 1 is 1.13 bits per heavy atom. The maximum Gasteiger partial charge on any atom is 0.252 e. The SMILES string of the molecule is CCOc1ccccc1-c1nc(CSc2nc(-c3ccc(Cl)cc3)cc(=O)[nH]2)c(C)o1. The van der Waals surface area contributed by atoms with E-state index in [4.69, 9.17) is 20.8 Å². The Morgan fingerprint density at radius 2 is 1.90 bits per heavy atom. The number of aromatic nitrogens is 3. The summed E-state index contributed by atoms with van der Waals surface area (Å²) in [5.41, 5.74) is 2.78. The topological polar surface area (TPSA) is 81.0 Å². The average molecular weight is 454 g/mol. The summed E-state index contributed by atoms with van der Waals surface area (Å²) in [6.07, 6.45) is 0. The maximum atomic E-state index is 12.1. The number of nitrogens with zero attached hydrogens (tertiary/aromatic N) is 2. The summed E-state index contributed by atoms with van der Waals surface area (Å²) in [4.78, 5) is 24.1. The molecule has 0 saturated carbocycles. The van der Waals surface area contributed by atoms with E-state index in [0.29, 0.717) is 39.9 Å². The van der Waals surface area contributed by atoms with Crippen molar-refractivity contribution in [2.75, 3.05) is 6.61 Å². The van der Waals surface area contributed by atoms with Crippen molar-refractivity contribution >= 4 is 23.4 Å². The number of benzene rings is 2. The third-order valence-electron chi connectivity index (χ3n) is 4.52. The third kappa shape index (κ3) is 5.00. The van der Waals surface area contributed by atoms with Crippen LogP contribution in [0.4, 0.5) is 0 Å². The second-order valence-corrected chi connectivity index (χ2v) is 8.08. The minimum atomic E-state index is -0.217. The van der Waals surface area contributed by atoms with Crippen LogP contribution in [-0.4, -0.2) is 21.6 Å². The van der Waals surface area contributed by atoms with E-state index in [1.165, 1.54) is 17.8 Å². The highest BCUT2D eigenvalue weighted by Gasteiger charge is 2.16. The summed E-state index contributed by atoms with van der Waals surface area (Å²) in [7, 11) is 0. The Bertz CT molecular complexity index is 1250. The molecule has 6 nitrogen and oxygen atoms in total. The Balaban J connectivity index is 1.55. The number of rotatable bonds is 7. The molecule has 2 heterocycles. The summed E-state index contributed by atoms with van der Waals surface area (Å²) in [6.45, 7) is 4.37. The van der Waals surface area contributed by atoms with Crippen LogP contribution < -0.4 is 10.3 Å². The molecule has 0 aliphatic rings. The number of nitrogens with one attached hydrogen (secondary N) is 1. The van der Waals surface area contributed by atoms with Gasteiger partial charge in [-0.2, -0.15) is 0 Å². The zero-order chi connectivity index (χ0) is 21.8. The highest BCUT2D eigenvalue weighted by molar-refractivity contribution is 7.98. The molecule has 0 unspecified atom stereocenters. The van der Waals surface area contributed by atoms with Crippen molar-refractivity contribution in [3.63, 3.8) is 0 Å². The van der Waals surface area contributed by atoms with Crippen LogP contribution in [0.25, 0.3) is 22.7 Å². The molecule has 0 saturated heterocycles. The molecule has 158 valence electrons. The number of ether oxygens (including phenoxy) is 1. The molecule has 0 radical (unpaired) electrons. The summed E-state index contributed by atoms with van der Waals surface area (Å²) in [6, 6.07) is 16.3. The second-order valence-electron chi connectivity index (χ2n) is 6.68. The lowest BCUT2D eigenvalue weighted by molar-refractivity contribution is 0.340. The summed E-state index contributed by atoms with van der Waals surface area (Å²) < 4.78 is 11.6. The van der Waals surface area contributed by atoms with Gasteiger partial charge >= 0.3 is 0 Å². The molecule has 2 aromatic heterocycles. The summed E-state index contributed by atoms with van der Waals surface area (Å²) >= 11 is 7.34. The molecule has 0 aliphatic heterocycles. The van der Waals surface area contributed by atoms with Gasteiger partial charge in [-0.3, -0.25) is 4.79 Å². The Labute approximate surface area is 188 Å². The van der Waals surface area contributed by atoms with E-state index in [2.05, 4.69) is 15.0 Å². The van der Waals surface area contributed by atoms with Gasteiger partial charge in [0.15, 0.2) is 5.16 Å². The van der Waals surface area contributed by atoms with Crippen LogP contribution in [-0.2, 0) is 5.75 Å². The highest BCUT2D eigenvalue weighted by Crippen LogP contribution is 2.32. The van der Waals surface area contributed by atoms with Gasteiger partial charge in [-0.1, -0.05) is 47.6 Å². The van der Waals surface area contributed by atoms with Crippen molar-refractivity contribution in [3.8, 4) is 28.5 Å². The first kappa shape index (κ1) is 21.2. The van der Waals surface area contributed by atoms with Crippen molar-refractivity contribution in [2.45, 2.75) is 24.8 Å². The monoisotopic (exact) mass is 453 g/mol. The number of aryl methyl sites for hydroxylation is 1. The molecular weight excluding hydrogens is 434 g/mol. The van der Waals surface area contributed by atoms with Crippen LogP contribution >= 0.6 is 23.4 Å². The van der Waals surface area contributed by atoms with Crippen molar-refractivity contribution in [1.29, 1.82) is 0 Å². The number of hydrogen-bond acceptors (Lipinski definition) is 6.